The lowest BCUT2D eigenvalue weighted by molar-refractivity contribution is 0.0686. The second kappa shape index (κ2) is 8.21. The van der Waals surface area contributed by atoms with E-state index in [-0.39, 0.29) is 23.5 Å². The highest BCUT2D eigenvalue weighted by atomic mass is 35.5. The van der Waals surface area contributed by atoms with Gasteiger partial charge in [0.25, 0.3) is 5.91 Å². The summed E-state index contributed by atoms with van der Waals surface area (Å²) in [4.78, 5) is 15.7. The molecule has 1 aromatic heterocycles. The maximum absolute atomic E-state index is 13.6. The third-order valence-electron chi connectivity index (χ3n) is 5.38. The maximum Gasteiger partial charge on any atom is 0.266 e. The molecule has 8 heteroatoms. The van der Waals surface area contributed by atoms with Crippen molar-refractivity contribution in [1.29, 1.82) is 0 Å². The van der Waals surface area contributed by atoms with Gasteiger partial charge in [0, 0.05) is 22.7 Å². The highest BCUT2D eigenvalue weighted by Crippen LogP contribution is 2.37. The van der Waals surface area contributed by atoms with E-state index in [1.807, 2.05) is 49.4 Å². The summed E-state index contributed by atoms with van der Waals surface area (Å²) in [6.07, 6.45) is 0.430. The molecule has 0 spiro atoms. The standard InChI is InChI=1S/C22H22ClNO4S2/c1-14-6-7-18-19(10-14)29-21(20(18)23)22(25)24(16-8-9-30(26,27)13-16)12-15-4-3-5-17(11-15)28-2/h3-7,10-11,16H,8-9,12-13H2,1-2H3. The van der Waals surface area contributed by atoms with Crippen LogP contribution in [-0.2, 0) is 16.4 Å². The number of nitrogens with zero attached hydrogens (tertiary/aromatic N) is 1. The van der Waals surface area contributed by atoms with Crippen molar-refractivity contribution in [2.75, 3.05) is 18.6 Å². The van der Waals surface area contributed by atoms with E-state index in [0.717, 1.165) is 21.2 Å². The summed E-state index contributed by atoms with van der Waals surface area (Å²) >= 11 is 7.94. The number of hydrogen-bond acceptors (Lipinski definition) is 5. The van der Waals surface area contributed by atoms with Gasteiger partial charge in [-0.3, -0.25) is 4.79 Å². The number of ether oxygens (including phenoxy) is 1. The number of thiophene rings is 1. The number of amides is 1. The minimum Gasteiger partial charge on any atom is -0.497 e. The molecule has 0 aliphatic carbocycles. The number of carbonyl (C=O) groups excluding carboxylic acids is 1. The van der Waals surface area contributed by atoms with E-state index in [4.69, 9.17) is 16.3 Å². The summed E-state index contributed by atoms with van der Waals surface area (Å²) in [5, 5.41) is 1.27. The van der Waals surface area contributed by atoms with Crippen molar-refractivity contribution >= 4 is 48.8 Å². The Morgan fingerprint density at radius 3 is 2.77 bits per heavy atom. The van der Waals surface area contributed by atoms with Gasteiger partial charge in [-0.25, -0.2) is 8.42 Å². The topological polar surface area (TPSA) is 63.7 Å². The van der Waals surface area contributed by atoms with Gasteiger partial charge in [0.15, 0.2) is 9.84 Å². The molecule has 4 rings (SSSR count). The molecule has 1 aliphatic heterocycles. The van der Waals surface area contributed by atoms with E-state index in [9.17, 15) is 13.2 Å². The van der Waals surface area contributed by atoms with Crippen LogP contribution in [0.3, 0.4) is 0 Å². The molecule has 5 nitrogen and oxygen atoms in total. The van der Waals surface area contributed by atoms with Crippen molar-refractivity contribution in [3.63, 3.8) is 0 Å². The fourth-order valence-corrected chi connectivity index (χ4v) is 7.09. The van der Waals surface area contributed by atoms with Crippen molar-refractivity contribution in [3.8, 4) is 5.75 Å². The van der Waals surface area contributed by atoms with Gasteiger partial charge in [0.2, 0.25) is 0 Å². The Bertz CT molecular complexity index is 1220. The number of rotatable bonds is 5. The van der Waals surface area contributed by atoms with Crippen molar-refractivity contribution in [3.05, 3.63) is 63.5 Å². The number of aryl methyl sites for hydroxylation is 1. The molecule has 0 radical (unpaired) electrons. The Morgan fingerprint density at radius 1 is 1.27 bits per heavy atom. The first-order chi connectivity index (χ1) is 14.3. The van der Waals surface area contributed by atoms with E-state index in [2.05, 4.69) is 0 Å². The first-order valence-corrected chi connectivity index (χ1v) is 12.6. The molecule has 0 N–H and O–H groups in total. The van der Waals surface area contributed by atoms with Crippen LogP contribution in [0, 0.1) is 6.92 Å². The Morgan fingerprint density at radius 2 is 2.07 bits per heavy atom. The predicted molar refractivity (Wildman–Crippen MR) is 121 cm³/mol. The van der Waals surface area contributed by atoms with E-state index >= 15 is 0 Å². The van der Waals surface area contributed by atoms with Crippen molar-refractivity contribution in [1.82, 2.24) is 4.90 Å². The third-order valence-corrected chi connectivity index (χ3v) is 8.77. The monoisotopic (exact) mass is 463 g/mol. The summed E-state index contributed by atoms with van der Waals surface area (Å²) < 4.78 is 30.5. The quantitative estimate of drug-likeness (QED) is 0.550. The molecule has 0 saturated carbocycles. The van der Waals surface area contributed by atoms with Crippen LogP contribution in [0.2, 0.25) is 5.02 Å². The van der Waals surface area contributed by atoms with Gasteiger partial charge in [-0.05, 0) is 42.7 Å². The number of carbonyl (C=O) groups is 1. The SMILES string of the molecule is COc1cccc(CN(C(=O)c2sc3cc(C)ccc3c2Cl)C2CCS(=O)(=O)C2)c1. The third kappa shape index (κ3) is 4.19. The number of sulfone groups is 1. The lowest BCUT2D eigenvalue weighted by Crippen LogP contribution is -2.40. The first kappa shape index (κ1) is 21.2. The van der Waals surface area contributed by atoms with E-state index in [1.54, 1.807) is 12.0 Å². The molecule has 2 heterocycles. The van der Waals surface area contributed by atoms with E-state index in [0.29, 0.717) is 28.6 Å². The van der Waals surface area contributed by atoms with Gasteiger partial charge in [-0.15, -0.1) is 11.3 Å². The molecule has 1 fully saturated rings. The summed E-state index contributed by atoms with van der Waals surface area (Å²) in [5.41, 5.74) is 1.97. The minimum atomic E-state index is -3.15. The second-order valence-electron chi connectivity index (χ2n) is 7.59. The van der Waals surface area contributed by atoms with Crippen LogP contribution in [0.1, 0.15) is 27.2 Å². The van der Waals surface area contributed by atoms with Gasteiger partial charge in [0.05, 0.1) is 23.6 Å². The number of halogens is 1. The van der Waals surface area contributed by atoms with Crippen LogP contribution in [0.4, 0.5) is 0 Å². The highest BCUT2D eigenvalue weighted by molar-refractivity contribution is 7.91. The number of fused-ring (bicyclic) bond motifs is 1. The molecule has 1 aliphatic rings. The van der Waals surface area contributed by atoms with Crippen LogP contribution < -0.4 is 4.74 Å². The van der Waals surface area contributed by atoms with Gasteiger partial charge in [-0.1, -0.05) is 35.9 Å². The fourth-order valence-electron chi connectivity index (χ4n) is 3.80. The number of hydrogen-bond donors (Lipinski definition) is 0. The average molecular weight is 464 g/mol. The zero-order valence-electron chi connectivity index (χ0n) is 16.7. The van der Waals surface area contributed by atoms with Crippen LogP contribution in [0.5, 0.6) is 5.75 Å². The minimum absolute atomic E-state index is 0.0235. The largest absolute Gasteiger partial charge is 0.497 e. The molecule has 0 bridgehead atoms. The second-order valence-corrected chi connectivity index (χ2v) is 11.2. The first-order valence-electron chi connectivity index (χ1n) is 9.60. The van der Waals surface area contributed by atoms with Crippen molar-refractivity contribution < 1.29 is 17.9 Å². The lowest BCUT2D eigenvalue weighted by atomic mass is 10.1. The molecule has 158 valence electrons. The molecule has 3 aromatic rings. The van der Waals surface area contributed by atoms with Crippen molar-refractivity contribution in [2.24, 2.45) is 0 Å². The Balaban J connectivity index is 1.73. The predicted octanol–water partition coefficient (Wildman–Crippen LogP) is 4.70. The maximum atomic E-state index is 13.6. The van der Waals surface area contributed by atoms with Crippen LogP contribution in [-0.4, -0.2) is 43.9 Å². The molecule has 2 aromatic carbocycles. The van der Waals surface area contributed by atoms with Gasteiger partial charge in [-0.2, -0.15) is 0 Å². The zero-order chi connectivity index (χ0) is 21.5. The Labute approximate surface area is 185 Å². The van der Waals surface area contributed by atoms with Crippen LogP contribution >= 0.6 is 22.9 Å². The fraction of sp³-hybridized carbons (Fsp3) is 0.318. The normalized spacial score (nSPS) is 17.9. The molecule has 1 atom stereocenters. The van der Waals surface area contributed by atoms with Gasteiger partial charge in [0.1, 0.15) is 10.6 Å². The summed E-state index contributed by atoms with van der Waals surface area (Å²) in [6.45, 7) is 2.28. The molecule has 1 amide bonds. The number of methoxy groups -OCH3 is 1. The number of benzene rings is 2. The average Bonchev–Trinajstić information content (AvgIpc) is 3.24. The van der Waals surface area contributed by atoms with Crippen LogP contribution in [0.25, 0.3) is 10.1 Å². The van der Waals surface area contributed by atoms with Crippen LogP contribution in [0.15, 0.2) is 42.5 Å². The van der Waals surface area contributed by atoms with Crippen molar-refractivity contribution in [2.45, 2.75) is 25.9 Å². The van der Waals surface area contributed by atoms with Gasteiger partial charge >= 0.3 is 0 Å². The molecule has 30 heavy (non-hydrogen) atoms. The zero-order valence-corrected chi connectivity index (χ0v) is 19.1. The lowest BCUT2D eigenvalue weighted by Gasteiger charge is -2.28. The molecular formula is C22H22ClNO4S2. The van der Waals surface area contributed by atoms with E-state index < -0.39 is 9.84 Å². The summed E-state index contributed by atoms with van der Waals surface area (Å²) in [6, 6.07) is 13.0. The summed E-state index contributed by atoms with van der Waals surface area (Å²) in [5.74, 6) is 0.529. The highest BCUT2D eigenvalue weighted by Gasteiger charge is 2.36. The Kier molecular flexibility index (Phi) is 5.79. The molecular weight excluding hydrogens is 442 g/mol. The van der Waals surface area contributed by atoms with Gasteiger partial charge < -0.3 is 9.64 Å². The smallest absolute Gasteiger partial charge is 0.266 e. The molecule has 1 unspecified atom stereocenters. The summed E-state index contributed by atoms with van der Waals surface area (Å²) in [7, 11) is -1.56. The molecule has 1 saturated heterocycles. The van der Waals surface area contributed by atoms with E-state index in [1.165, 1.54) is 11.3 Å². The Hall–Kier alpha value is -2.09.